The first-order valence-corrected chi connectivity index (χ1v) is 10.8. The van der Waals surface area contributed by atoms with Crippen LogP contribution in [0, 0.1) is 13.8 Å². The lowest BCUT2D eigenvalue weighted by Gasteiger charge is -2.19. The lowest BCUT2D eigenvalue weighted by atomic mass is 10.2. The number of carbonyl (C=O) groups excluding carboxylic acids is 1. The molecule has 4 rings (SSSR count). The van der Waals surface area contributed by atoms with Crippen molar-refractivity contribution in [3.8, 4) is 10.6 Å². The molecule has 0 radical (unpaired) electrons. The third-order valence-electron chi connectivity index (χ3n) is 4.40. The van der Waals surface area contributed by atoms with Crippen molar-refractivity contribution in [3.05, 3.63) is 40.0 Å². The van der Waals surface area contributed by atoms with Gasteiger partial charge in [-0.05, 0) is 32.4 Å². The fourth-order valence-corrected chi connectivity index (χ4v) is 4.70. The number of ether oxygens (including phenoxy) is 1. The van der Waals surface area contributed by atoms with E-state index in [1.165, 1.54) is 11.3 Å². The minimum absolute atomic E-state index is 0.00266. The molecule has 0 aromatic carbocycles. The zero-order valence-corrected chi connectivity index (χ0v) is 17.4. The summed E-state index contributed by atoms with van der Waals surface area (Å²) in [5.41, 5.74) is 2.51. The van der Waals surface area contributed by atoms with Gasteiger partial charge in [0.2, 0.25) is 0 Å². The van der Waals surface area contributed by atoms with Crippen LogP contribution in [-0.4, -0.2) is 52.1 Å². The van der Waals surface area contributed by atoms with Crippen LogP contribution in [0.15, 0.2) is 23.7 Å². The van der Waals surface area contributed by atoms with Gasteiger partial charge >= 0.3 is 0 Å². The van der Waals surface area contributed by atoms with Gasteiger partial charge < -0.3 is 15.0 Å². The van der Waals surface area contributed by atoms with Crippen molar-refractivity contribution in [1.29, 1.82) is 0 Å². The average Bonchev–Trinajstić information content (AvgIpc) is 3.17. The second kappa shape index (κ2) is 8.34. The van der Waals surface area contributed by atoms with Gasteiger partial charge in [0, 0.05) is 31.3 Å². The Morgan fingerprint density at radius 3 is 2.86 bits per heavy atom. The van der Waals surface area contributed by atoms with Crippen LogP contribution in [0.2, 0.25) is 0 Å². The molecule has 0 aliphatic carbocycles. The second-order valence-corrected chi connectivity index (χ2v) is 8.56. The first kappa shape index (κ1) is 19.0. The lowest BCUT2D eigenvalue weighted by Crippen LogP contribution is -2.33. The molecule has 9 heteroatoms. The van der Waals surface area contributed by atoms with Crippen molar-refractivity contribution in [1.82, 2.24) is 19.9 Å². The van der Waals surface area contributed by atoms with Gasteiger partial charge in [0.15, 0.2) is 5.13 Å². The third-order valence-corrected chi connectivity index (χ3v) is 6.25. The molecule has 7 nitrogen and oxygen atoms in total. The second-order valence-electron chi connectivity index (χ2n) is 6.50. The van der Waals surface area contributed by atoms with Gasteiger partial charge in [-0.3, -0.25) is 4.79 Å². The zero-order valence-electron chi connectivity index (χ0n) is 15.8. The maximum Gasteiger partial charge on any atom is 0.255 e. The predicted octanol–water partition coefficient (Wildman–Crippen LogP) is 3.88. The van der Waals surface area contributed by atoms with Crippen molar-refractivity contribution in [2.75, 3.05) is 31.6 Å². The molecule has 4 heterocycles. The molecule has 0 saturated carbocycles. The zero-order chi connectivity index (χ0) is 19.5. The van der Waals surface area contributed by atoms with Gasteiger partial charge in [-0.2, -0.15) is 0 Å². The minimum Gasteiger partial charge on any atom is -0.380 e. The number of aromatic nitrogens is 3. The maximum absolute atomic E-state index is 12.6. The Labute approximate surface area is 171 Å². The Morgan fingerprint density at radius 2 is 2.11 bits per heavy atom. The van der Waals surface area contributed by atoms with Gasteiger partial charge in [-0.25, -0.2) is 15.0 Å². The van der Waals surface area contributed by atoms with E-state index in [-0.39, 0.29) is 5.91 Å². The molecule has 28 heavy (non-hydrogen) atoms. The Balaban J connectivity index is 1.43. The van der Waals surface area contributed by atoms with Gasteiger partial charge in [0.1, 0.15) is 5.82 Å². The standard InChI is InChI=1S/C19H21N5O2S2/c1-12-17(28-13(2)21-12)15-11-27-19(22-15)23-16-5-4-14(10-20-16)18(25)24-6-3-8-26-9-7-24/h4-5,10-11H,3,6-9H2,1-2H3,(H,20,22,23). The van der Waals surface area contributed by atoms with Crippen LogP contribution in [0.4, 0.5) is 10.9 Å². The van der Waals surface area contributed by atoms with Crippen LogP contribution in [0.25, 0.3) is 10.6 Å². The summed E-state index contributed by atoms with van der Waals surface area (Å²) >= 11 is 3.17. The number of nitrogens with zero attached hydrogens (tertiary/aromatic N) is 4. The fourth-order valence-electron chi connectivity index (χ4n) is 3.04. The maximum atomic E-state index is 12.6. The largest absolute Gasteiger partial charge is 0.380 e. The van der Waals surface area contributed by atoms with E-state index in [4.69, 9.17) is 4.74 Å². The van der Waals surface area contributed by atoms with E-state index in [1.807, 2.05) is 30.2 Å². The van der Waals surface area contributed by atoms with E-state index < -0.39 is 0 Å². The van der Waals surface area contributed by atoms with Crippen LogP contribution in [-0.2, 0) is 4.74 Å². The predicted molar refractivity (Wildman–Crippen MR) is 112 cm³/mol. The van der Waals surface area contributed by atoms with Crippen LogP contribution >= 0.6 is 22.7 Å². The molecule has 3 aromatic rings. The number of amides is 1. The number of hydrogen-bond donors (Lipinski definition) is 1. The third kappa shape index (κ3) is 4.21. The van der Waals surface area contributed by atoms with E-state index in [0.29, 0.717) is 31.1 Å². The Kier molecular flexibility index (Phi) is 5.65. The monoisotopic (exact) mass is 415 g/mol. The van der Waals surface area contributed by atoms with Crippen LogP contribution in [0.3, 0.4) is 0 Å². The van der Waals surface area contributed by atoms with E-state index in [1.54, 1.807) is 23.6 Å². The Hall–Kier alpha value is -2.36. The summed E-state index contributed by atoms with van der Waals surface area (Å²) < 4.78 is 5.41. The molecule has 1 aliphatic rings. The fraction of sp³-hybridized carbons (Fsp3) is 0.368. The SMILES string of the molecule is Cc1nc(C)c(-c2csc(Nc3ccc(C(=O)N4CCCOCC4)cn3)n2)s1. The molecule has 0 spiro atoms. The van der Waals surface area contributed by atoms with Crippen molar-refractivity contribution in [3.63, 3.8) is 0 Å². The van der Waals surface area contributed by atoms with Crippen LogP contribution in [0.5, 0.6) is 0 Å². The van der Waals surface area contributed by atoms with Gasteiger partial charge in [-0.1, -0.05) is 0 Å². The normalized spacial score (nSPS) is 14.7. The van der Waals surface area contributed by atoms with Gasteiger partial charge in [0.05, 0.1) is 33.4 Å². The number of nitrogens with one attached hydrogen (secondary N) is 1. The number of carbonyl (C=O) groups is 1. The van der Waals surface area contributed by atoms with E-state index >= 15 is 0 Å². The van der Waals surface area contributed by atoms with Crippen molar-refractivity contribution in [2.45, 2.75) is 20.3 Å². The van der Waals surface area contributed by atoms with Crippen molar-refractivity contribution in [2.24, 2.45) is 0 Å². The molecular weight excluding hydrogens is 394 g/mol. The highest BCUT2D eigenvalue weighted by atomic mass is 32.1. The highest BCUT2D eigenvalue weighted by molar-refractivity contribution is 7.16. The highest BCUT2D eigenvalue weighted by Crippen LogP contribution is 2.32. The summed E-state index contributed by atoms with van der Waals surface area (Å²) in [6.07, 6.45) is 2.48. The molecule has 0 bridgehead atoms. The van der Waals surface area contributed by atoms with Crippen LogP contribution in [0.1, 0.15) is 27.5 Å². The number of rotatable bonds is 4. The molecule has 1 saturated heterocycles. The molecule has 1 amide bonds. The molecule has 3 aromatic heterocycles. The summed E-state index contributed by atoms with van der Waals surface area (Å²) in [7, 11) is 0. The smallest absolute Gasteiger partial charge is 0.255 e. The molecule has 146 valence electrons. The van der Waals surface area contributed by atoms with E-state index in [2.05, 4.69) is 20.3 Å². The first-order chi connectivity index (χ1) is 13.6. The summed E-state index contributed by atoms with van der Waals surface area (Å²) in [5.74, 6) is 0.658. The molecule has 0 atom stereocenters. The number of aryl methyl sites for hydroxylation is 2. The molecule has 1 N–H and O–H groups in total. The molecular formula is C19H21N5O2S2. The average molecular weight is 416 g/mol. The molecule has 1 aliphatic heterocycles. The summed E-state index contributed by atoms with van der Waals surface area (Å²) in [6, 6.07) is 3.61. The first-order valence-electron chi connectivity index (χ1n) is 9.10. The van der Waals surface area contributed by atoms with E-state index in [9.17, 15) is 4.79 Å². The van der Waals surface area contributed by atoms with Gasteiger partial charge in [0.25, 0.3) is 5.91 Å². The number of anilines is 2. The summed E-state index contributed by atoms with van der Waals surface area (Å²) in [5, 5.41) is 7.02. The molecule has 0 unspecified atom stereocenters. The topological polar surface area (TPSA) is 80.2 Å². The number of hydrogen-bond acceptors (Lipinski definition) is 8. The molecule has 1 fully saturated rings. The van der Waals surface area contributed by atoms with Crippen molar-refractivity contribution >= 4 is 39.5 Å². The highest BCUT2D eigenvalue weighted by Gasteiger charge is 2.18. The quantitative estimate of drug-likeness (QED) is 0.696. The number of pyridine rings is 1. The number of thiazole rings is 2. The summed E-state index contributed by atoms with van der Waals surface area (Å²) in [4.78, 5) is 29.0. The van der Waals surface area contributed by atoms with Crippen LogP contribution < -0.4 is 5.32 Å². The Morgan fingerprint density at radius 1 is 1.21 bits per heavy atom. The Bertz CT molecular complexity index is 959. The van der Waals surface area contributed by atoms with Gasteiger partial charge in [-0.15, -0.1) is 22.7 Å². The summed E-state index contributed by atoms with van der Waals surface area (Å²) in [6.45, 7) is 6.64. The van der Waals surface area contributed by atoms with E-state index in [0.717, 1.165) is 39.4 Å². The van der Waals surface area contributed by atoms with Crippen molar-refractivity contribution < 1.29 is 9.53 Å². The lowest BCUT2D eigenvalue weighted by molar-refractivity contribution is 0.0741. The minimum atomic E-state index is -0.00266.